The van der Waals surface area contributed by atoms with Gasteiger partial charge in [0.15, 0.2) is 0 Å². The molecule has 18 heavy (non-hydrogen) atoms. The molecule has 0 radical (unpaired) electrons. The van der Waals surface area contributed by atoms with Crippen molar-refractivity contribution in [3.05, 3.63) is 21.9 Å². The van der Waals surface area contributed by atoms with Crippen molar-refractivity contribution in [1.29, 1.82) is 0 Å². The van der Waals surface area contributed by atoms with Crippen molar-refractivity contribution in [2.24, 2.45) is 0 Å². The minimum atomic E-state index is 1.31. The maximum Gasteiger partial charge on any atom is 0.00743 e. The Hall–Kier alpha value is -0.300. The summed E-state index contributed by atoms with van der Waals surface area (Å²) >= 11 is 1.93. The SMILES string of the molecule is CCCCCCCCCCCCc1sccc1C. The van der Waals surface area contributed by atoms with Crippen LogP contribution in [0.4, 0.5) is 0 Å². The molecule has 0 saturated carbocycles. The van der Waals surface area contributed by atoms with E-state index in [9.17, 15) is 0 Å². The largest absolute Gasteiger partial charge is 0.149 e. The van der Waals surface area contributed by atoms with E-state index in [2.05, 4.69) is 25.3 Å². The van der Waals surface area contributed by atoms with Crippen LogP contribution in [-0.2, 0) is 6.42 Å². The second kappa shape index (κ2) is 10.6. The van der Waals surface area contributed by atoms with Gasteiger partial charge in [-0.25, -0.2) is 0 Å². The summed E-state index contributed by atoms with van der Waals surface area (Å²) in [6.45, 7) is 4.53. The van der Waals surface area contributed by atoms with Crippen LogP contribution in [0.3, 0.4) is 0 Å². The van der Waals surface area contributed by atoms with E-state index in [1.807, 2.05) is 11.3 Å². The van der Waals surface area contributed by atoms with Crippen LogP contribution in [0.15, 0.2) is 11.4 Å². The van der Waals surface area contributed by atoms with E-state index < -0.39 is 0 Å². The summed E-state index contributed by atoms with van der Waals surface area (Å²) in [5.41, 5.74) is 1.50. The molecule has 0 N–H and O–H groups in total. The Labute approximate surface area is 118 Å². The Bertz CT molecular complexity index is 288. The fourth-order valence-electron chi connectivity index (χ4n) is 2.43. The number of unbranched alkanes of at least 4 members (excludes halogenated alkanes) is 9. The van der Waals surface area contributed by atoms with Crippen molar-refractivity contribution in [3.8, 4) is 0 Å². The first-order valence-electron chi connectivity index (χ1n) is 7.87. The van der Waals surface area contributed by atoms with Gasteiger partial charge in [-0.3, -0.25) is 0 Å². The van der Waals surface area contributed by atoms with E-state index in [1.165, 1.54) is 76.2 Å². The Kier molecular flexibility index (Phi) is 9.28. The molecule has 1 heteroatoms. The Morgan fingerprint density at radius 2 is 1.39 bits per heavy atom. The molecule has 0 amide bonds. The minimum absolute atomic E-state index is 1.31. The van der Waals surface area contributed by atoms with E-state index in [1.54, 1.807) is 4.88 Å². The molecule has 104 valence electrons. The van der Waals surface area contributed by atoms with Crippen LogP contribution in [0.25, 0.3) is 0 Å². The average Bonchev–Trinajstić information content (AvgIpc) is 2.77. The van der Waals surface area contributed by atoms with Crippen LogP contribution in [0, 0.1) is 6.92 Å². The normalized spacial score (nSPS) is 11.0. The van der Waals surface area contributed by atoms with Crippen molar-refractivity contribution in [2.45, 2.75) is 84.5 Å². The first-order chi connectivity index (χ1) is 8.84. The van der Waals surface area contributed by atoms with Gasteiger partial charge in [0.1, 0.15) is 0 Å². The van der Waals surface area contributed by atoms with Crippen molar-refractivity contribution < 1.29 is 0 Å². The van der Waals surface area contributed by atoms with Crippen molar-refractivity contribution in [3.63, 3.8) is 0 Å². The highest BCUT2D eigenvalue weighted by atomic mass is 32.1. The maximum absolute atomic E-state index is 2.29. The lowest BCUT2D eigenvalue weighted by Crippen LogP contribution is -1.85. The zero-order valence-electron chi connectivity index (χ0n) is 12.3. The van der Waals surface area contributed by atoms with Gasteiger partial charge < -0.3 is 0 Å². The number of hydrogen-bond acceptors (Lipinski definition) is 1. The van der Waals surface area contributed by atoms with Crippen LogP contribution in [0.1, 0.15) is 81.6 Å². The quantitative estimate of drug-likeness (QED) is 0.400. The summed E-state index contributed by atoms with van der Waals surface area (Å²) in [6, 6.07) is 2.25. The van der Waals surface area contributed by atoms with E-state index in [4.69, 9.17) is 0 Å². The number of rotatable bonds is 11. The van der Waals surface area contributed by atoms with E-state index in [-0.39, 0.29) is 0 Å². The van der Waals surface area contributed by atoms with Crippen molar-refractivity contribution >= 4 is 11.3 Å². The molecular formula is C17H30S. The summed E-state index contributed by atoms with van der Waals surface area (Å²) in [7, 11) is 0. The Morgan fingerprint density at radius 3 is 1.89 bits per heavy atom. The second-order valence-corrected chi connectivity index (χ2v) is 6.46. The third-order valence-electron chi connectivity index (χ3n) is 3.73. The Balaban J connectivity index is 1.83. The smallest absolute Gasteiger partial charge is 0.00743 e. The number of thiophene rings is 1. The lowest BCUT2D eigenvalue weighted by atomic mass is 10.1. The van der Waals surface area contributed by atoms with Gasteiger partial charge in [0.2, 0.25) is 0 Å². The summed E-state index contributed by atoms with van der Waals surface area (Å²) in [4.78, 5) is 1.61. The molecule has 0 bridgehead atoms. The highest BCUT2D eigenvalue weighted by Gasteiger charge is 1.99. The predicted octanol–water partition coefficient (Wildman–Crippen LogP) is 6.52. The first-order valence-corrected chi connectivity index (χ1v) is 8.75. The van der Waals surface area contributed by atoms with Gasteiger partial charge in [0.25, 0.3) is 0 Å². The highest BCUT2D eigenvalue weighted by molar-refractivity contribution is 7.10. The second-order valence-electron chi connectivity index (χ2n) is 5.46. The standard InChI is InChI=1S/C17H30S/c1-3-4-5-6-7-8-9-10-11-12-13-17-16(2)14-15-18-17/h14-15H,3-13H2,1-2H3. The average molecular weight is 266 g/mol. The van der Waals surface area contributed by atoms with Gasteiger partial charge in [-0.2, -0.15) is 0 Å². The molecule has 0 aromatic carbocycles. The third-order valence-corrected chi connectivity index (χ3v) is 4.81. The van der Waals surface area contributed by atoms with Crippen LogP contribution in [0.5, 0.6) is 0 Å². The van der Waals surface area contributed by atoms with E-state index >= 15 is 0 Å². The lowest BCUT2D eigenvalue weighted by Gasteiger charge is -2.02. The van der Waals surface area contributed by atoms with Gasteiger partial charge >= 0.3 is 0 Å². The summed E-state index contributed by atoms with van der Waals surface area (Å²) in [5.74, 6) is 0. The van der Waals surface area contributed by atoms with Crippen LogP contribution >= 0.6 is 11.3 Å². The summed E-state index contributed by atoms with van der Waals surface area (Å²) in [6.07, 6.45) is 15.6. The molecule has 0 nitrogen and oxygen atoms in total. The van der Waals surface area contributed by atoms with Gasteiger partial charge in [0, 0.05) is 4.88 Å². The number of hydrogen-bond donors (Lipinski definition) is 0. The van der Waals surface area contributed by atoms with Crippen LogP contribution in [-0.4, -0.2) is 0 Å². The molecular weight excluding hydrogens is 236 g/mol. The first kappa shape index (κ1) is 15.8. The molecule has 0 saturated heterocycles. The highest BCUT2D eigenvalue weighted by Crippen LogP contribution is 2.19. The van der Waals surface area contributed by atoms with Crippen LogP contribution < -0.4 is 0 Å². The maximum atomic E-state index is 2.29. The molecule has 0 fully saturated rings. The van der Waals surface area contributed by atoms with Gasteiger partial charge in [0.05, 0.1) is 0 Å². The van der Waals surface area contributed by atoms with Crippen LogP contribution in [0.2, 0.25) is 0 Å². The van der Waals surface area contributed by atoms with E-state index in [0.29, 0.717) is 0 Å². The molecule has 1 aromatic heterocycles. The van der Waals surface area contributed by atoms with Gasteiger partial charge in [-0.1, -0.05) is 64.7 Å². The van der Waals surface area contributed by atoms with Crippen molar-refractivity contribution in [2.75, 3.05) is 0 Å². The lowest BCUT2D eigenvalue weighted by molar-refractivity contribution is 0.557. The summed E-state index contributed by atoms with van der Waals surface area (Å²) < 4.78 is 0. The molecule has 0 spiro atoms. The molecule has 0 aliphatic heterocycles. The zero-order chi connectivity index (χ0) is 13.1. The molecule has 0 atom stereocenters. The molecule has 1 aromatic rings. The van der Waals surface area contributed by atoms with Gasteiger partial charge in [-0.05, 0) is 36.8 Å². The third kappa shape index (κ3) is 7.20. The predicted molar refractivity (Wildman–Crippen MR) is 84.6 cm³/mol. The van der Waals surface area contributed by atoms with Crippen molar-refractivity contribution in [1.82, 2.24) is 0 Å². The molecule has 0 aliphatic carbocycles. The molecule has 1 heterocycles. The topological polar surface area (TPSA) is 0 Å². The summed E-state index contributed by atoms with van der Waals surface area (Å²) in [5, 5.41) is 2.22. The molecule has 1 rings (SSSR count). The monoisotopic (exact) mass is 266 g/mol. The molecule has 0 unspecified atom stereocenters. The Morgan fingerprint density at radius 1 is 0.833 bits per heavy atom. The van der Waals surface area contributed by atoms with E-state index in [0.717, 1.165) is 0 Å². The fraction of sp³-hybridized carbons (Fsp3) is 0.765. The fourth-order valence-corrected chi connectivity index (χ4v) is 3.39. The minimum Gasteiger partial charge on any atom is -0.149 e. The molecule has 0 aliphatic rings. The number of aryl methyl sites for hydroxylation is 2. The zero-order valence-corrected chi connectivity index (χ0v) is 13.2. The van der Waals surface area contributed by atoms with Gasteiger partial charge in [-0.15, -0.1) is 11.3 Å².